The molecule has 106 valence electrons. The van der Waals surface area contributed by atoms with Crippen LogP contribution in [0.25, 0.3) is 11.5 Å². The summed E-state index contributed by atoms with van der Waals surface area (Å²) in [7, 11) is 0. The Kier molecular flexibility index (Phi) is 3.94. The van der Waals surface area contributed by atoms with E-state index in [1.54, 1.807) is 18.2 Å². The van der Waals surface area contributed by atoms with E-state index in [0.29, 0.717) is 28.8 Å². The van der Waals surface area contributed by atoms with Crippen molar-refractivity contribution in [3.8, 4) is 11.5 Å². The van der Waals surface area contributed by atoms with Gasteiger partial charge in [0.2, 0.25) is 0 Å². The summed E-state index contributed by atoms with van der Waals surface area (Å²) in [6.45, 7) is 0. The molecule has 0 aliphatic carbocycles. The Balaban J connectivity index is 1.82. The van der Waals surface area contributed by atoms with Gasteiger partial charge >= 0.3 is 0 Å². The number of nitrogens with zero attached hydrogens (tertiary/aromatic N) is 2. The average Bonchev–Trinajstić information content (AvgIpc) is 2.93. The van der Waals surface area contributed by atoms with E-state index in [9.17, 15) is 0 Å². The van der Waals surface area contributed by atoms with Gasteiger partial charge in [-0.15, -0.1) is 0 Å². The molecule has 0 saturated carbocycles. The molecule has 1 heterocycles. The molecule has 0 aliphatic rings. The van der Waals surface area contributed by atoms with E-state index in [2.05, 4.69) is 26.1 Å². The number of hydrogen-bond donors (Lipinski definition) is 1. The Hall–Kier alpha value is -1.85. The maximum Gasteiger partial charge on any atom is 0.257 e. The fourth-order valence-electron chi connectivity index (χ4n) is 1.89. The van der Waals surface area contributed by atoms with Crippen LogP contribution in [0.1, 0.15) is 11.4 Å². The normalized spacial score (nSPS) is 10.8. The molecule has 0 amide bonds. The highest BCUT2D eigenvalue weighted by atomic mass is 79.9. The molecule has 3 aromatic rings. The molecule has 0 spiro atoms. The van der Waals surface area contributed by atoms with Crippen molar-refractivity contribution in [2.45, 2.75) is 6.42 Å². The van der Waals surface area contributed by atoms with Gasteiger partial charge in [-0.3, -0.25) is 0 Å². The smallest absolute Gasteiger partial charge is 0.257 e. The Bertz CT molecular complexity index is 771. The first-order chi connectivity index (χ1) is 10.1. The number of nitrogens with two attached hydrogens (primary N) is 1. The minimum atomic E-state index is 0.434. The van der Waals surface area contributed by atoms with Gasteiger partial charge in [0.15, 0.2) is 5.82 Å². The molecule has 21 heavy (non-hydrogen) atoms. The van der Waals surface area contributed by atoms with E-state index in [0.717, 1.165) is 15.6 Å². The van der Waals surface area contributed by atoms with Crippen molar-refractivity contribution in [1.82, 2.24) is 10.1 Å². The highest BCUT2D eigenvalue weighted by Gasteiger charge is 2.10. The van der Waals surface area contributed by atoms with Crippen molar-refractivity contribution in [1.29, 1.82) is 0 Å². The van der Waals surface area contributed by atoms with Crippen molar-refractivity contribution >= 4 is 33.2 Å². The minimum absolute atomic E-state index is 0.434. The van der Waals surface area contributed by atoms with Gasteiger partial charge in [-0.05, 0) is 35.9 Å². The number of hydrogen-bond acceptors (Lipinski definition) is 4. The van der Waals surface area contributed by atoms with E-state index < -0.39 is 0 Å². The van der Waals surface area contributed by atoms with Crippen LogP contribution in [0.4, 0.5) is 5.69 Å². The number of benzene rings is 2. The molecular formula is C15H11BrClN3O. The van der Waals surface area contributed by atoms with E-state index >= 15 is 0 Å². The third-order valence-electron chi connectivity index (χ3n) is 2.99. The molecule has 6 heteroatoms. The standard InChI is InChI=1S/C15H11BrClN3O/c16-11-4-1-9(2-5-11)7-14-19-15(21-20-14)10-3-6-13(18)12(17)8-10/h1-6,8H,7,18H2. The van der Waals surface area contributed by atoms with Crippen molar-refractivity contribution in [3.05, 3.63) is 63.3 Å². The summed E-state index contributed by atoms with van der Waals surface area (Å²) in [4.78, 5) is 4.38. The van der Waals surface area contributed by atoms with E-state index in [4.69, 9.17) is 21.9 Å². The SMILES string of the molecule is Nc1ccc(-c2nc(Cc3ccc(Br)cc3)no2)cc1Cl. The minimum Gasteiger partial charge on any atom is -0.398 e. The van der Waals surface area contributed by atoms with Gasteiger partial charge in [-0.2, -0.15) is 4.98 Å². The lowest BCUT2D eigenvalue weighted by Gasteiger charge is -1.99. The highest BCUT2D eigenvalue weighted by Crippen LogP contribution is 2.26. The molecule has 0 aliphatic heterocycles. The zero-order chi connectivity index (χ0) is 14.8. The van der Waals surface area contributed by atoms with Gasteiger partial charge < -0.3 is 10.3 Å². The van der Waals surface area contributed by atoms with Gasteiger partial charge in [-0.1, -0.05) is 44.8 Å². The Morgan fingerprint density at radius 3 is 2.62 bits per heavy atom. The molecular weight excluding hydrogens is 354 g/mol. The molecule has 0 saturated heterocycles. The molecule has 2 aromatic carbocycles. The molecule has 1 aromatic heterocycles. The second-order valence-electron chi connectivity index (χ2n) is 4.56. The molecule has 2 N–H and O–H groups in total. The first-order valence-corrected chi connectivity index (χ1v) is 7.41. The maximum absolute atomic E-state index is 6.00. The average molecular weight is 365 g/mol. The highest BCUT2D eigenvalue weighted by molar-refractivity contribution is 9.10. The van der Waals surface area contributed by atoms with Crippen LogP contribution in [0.15, 0.2) is 51.5 Å². The fourth-order valence-corrected chi connectivity index (χ4v) is 2.33. The fraction of sp³-hybridized carbons (Fsp3) is 0.0667. The molecule has 0 atom stereocenters. The summed E-state index contributed by atoms with van der Waals surface area (Å²) in [5, 5.41) is 4.46. The molecule has 3 rings (SSSR count). The second kappa shape index (κ2) is 5.87. The predicted octanol–water partition coefficient (Wildman–Crippen LogP) is 4.33. The lowest BCUT2D eigenvalue weighted by atomic mass is 10.1. The number of rotatable bonds is 3. The van der Waals surface area contributed by atoms with Crippen molar-refractivity contribution in [2.75, 3.05) is 5.73 Å². The summed E-state index contributed by atoms with van der Waals surface area (Å²) in [6.07, 6.45) is 0.611. The van der Waals surface area contributed by atoms with Crippen molar-refractivity contribution < 1.29 is 4.52 Å². The zero-order valence-electron chi connectivity index (χ0n) is 10.9. The third-order valence-corrected chi connectivity index (χ3v) is 3.85. The topological polar surface area (TPSA) is 64.9 Å². The molecule has 4 nitrogen and oxygen atoms in total. The van der Waals surface area contributed by atoms with Crippen LogP contribution >= 0.6 is 27.5 Å². The monoisotopic (exact) mass is 363 g/mol. The summed E-state index contributed by atoms with van der Waals surface area (Å²) < 4.78 is 6.31. The van der Waals surface area contributed by atoms with Gasteiger partial charge in [0, 0.05) is 16.5 Å². The Morgan fingerprint density at radius 1 is 1.14 bits per heavy atom. The quantitative estimate of drug-likeness (QED) is 0.703. The number of anilines is 1. The van der Waals surface area contributed by atoms with Crippen molar-refractivity contribution in [3.63, 3.8) is 0 Å². The maximum atomic E-state index is 6.00. The Labute approximate surface area is 135 Å². The van der Waals surface area contributed by atoms with Crippen LogP contribution in [0, 0.1) is 0 Å². The van der Waals surface area contributed by atoms with Gasteiger partial charge in [0.05, 0.1) is 10.7 Å². The number of nitrogen functional groups attached to an aromatic ring is 1. The second-order valence-corrected chi connectivity index (χ2v) is 5.88. The van der Waals surface area contributed by atoms with Gasteiger partial charge in [0.1, 0.15) is 0 Å². The van der Waals surface area contributed by atoms with Crippen LogP contribution in [0.3, 0.4) is 0 Å². The lowest BCUT2D eigenvalue weighted by Crippen LogP contribution is -1.90. The zero-order valence-corrected chi connectivity index (χ0v) is 13.2. The first-order valence-electron chi connectivity index (χ1n) is 6.24. The van der Waals surface area contributed by atoms with Crippen molar-refractivity contribution in [2.24, 2.45) is 0 Å². The molecule has 0 fully saturated rings. The van der Waals surface area contributed by atoms with Gasteiger partial charge in [-0.25, -0.2) is 0 Å². The van der Waals surface area contributed by atoms with Crippen LogP contribution in [0.5, 0.6) is 0 Å². The summed E-state index contributed by atoms with van der Waals surface area (Å²) >= 11 is 9.40. The van der Waals surface area contributed by atoms with Gasteiger partial charge in [0.25, 0.3) is 5.89 Å². The molecule has 0 unspecified atom stereocenters. The first kappa shape index (κ1) is 14.1. The number of halogens is 2. The van der Waals surface area contributed by atoms with E-state index in [-0.39, 0.29) is 0 Å². The lowest BCUT2D eigenvalue weighted by molar-refractivity contribution is 0.424. The Morgan fingerprint density at radius 2 is 1.90 bits per heavy atom. The summed E-state index contributed by atoms with van der Waals surface area (Å²) in [5.74, 6) is 1.06. The summed E-state index contributed by atoms with van der Waals surface area (Å²) in [6, 6.07) is 13.2. The molecule has 0 bridgehead atoms. The van der Waals surface area contributed by atoms with Crippen LogP contribution < -0.4 is 5.73 Å². The largest absolute Gasteiger partial charge is 0.398 e. The van der Waals surface area contributed by atoms with E-state index in [1.807, 2.05) is 24.3 Å². The number of aromatic nitrogens is 2. The molecule has 0 radical (unpaired) electrons. The predicted molar refractivity (Wildman–Crippen MR) is 86.1 cm³/mol. The third kappa shape index (κ3) is 3.25. The van der Waals surface area contributed by atoms with Crippen LogP contribution in [-0.2, 0) is 6.42 Å². The van der Waals surface area contributed by atoms with Crippen LogP contribution in [0.2, 0.25) is 5.02 Å². The summed E-state index contributed by atoms with van der Waals surface area (Å²) in [5.41, 5.74) is 8.07. The van der Waals surface area contributed by atoms with Crippen LogP contribution in [-0.4, -0.2) is 10.1 Å². The van der Waals surface area contributed by atoms with E-state index in [1.165, 1.54) is 0 Å².